The van der Waals surface area contributed by atoms with E-state index in [1.807, 2.05) is 35.2 Å². The molecule has 1 spiro atoms. The molecule has 0 atom stereocenters. The van der Waals surface area contributed by atoms with Crippen molar-refractivity contribution < 1.29 is 27.6 Å². The third-order valence-electron chi connectivity index (χ3n) is 6.72. The smallest absolute Gasteiger partial charge is 0.347 e. The van der Waals surface area contributed by atoms with Gasteiger partial charge in [0.1, 0.15) is 12.1 Å². The summed E-state index contributed by atoms with van der Waals surface area (Å²) in [5.74, 6) is -0.870. The van der Waals surface area contributed by atoms with Crippen LogP contribution in [0.5, 0.6) is 0 Å². The summed E-state index contributed by atoms with van der Waals surface area (Å²) in [7, 11) is 3.26. The minimum atomic E-state index is -4.54. The number of benzene rings is 2. The number of likely N-dealkylation sites (N-methyl/N-ethyl adjacent to an activating group) is 1. The van der Waals surface area contributed by atoms with Gasteiger partial charge < -0.3 is 19.6 Å². The molecule has 7 nitrogen and oxygen atoms in total. The molecule has 0 aromatic heterocycles. The highest BCUT2D eigenvalue weighted by Crippen LogP contribution is 2.40. The lowest BCUT2D eigenvalue weighted by atomic mass is 9.85. The van der Waals surface area contributed by atoms with E-state index in [0.29, 0.717) is 12.8 Å². The summed E-state index contributed by atoms with van der Waals surface area (Å²) >= 11 is 0. The first kappa shape index (κ1) is 24.6. The fourth-order valence-electron chi connectivity index (χ4n) is 4.72. The van der Waals surface area contributed by atoms with Gasteiger partial charge in [-0.2, -0.15) is 13.2 Å². The van der Waals surface area contributed by atoms with Gasteiger partial charge in [0, 0.05) is 38.4 Å². The van der Waals surface area contributed by atoms with Crippen LogP contribution in [0.2, 0.25) is 0 Å². The molecule has 35 heavy (non-hydrogen) atoms. The van der Waals surface area contributed by atoms with Crippen LogP contribution in [0, 0.1) is 0 Å². The Bertz CT molecular complexity index is 1110. The van der Waals surface area contributed by atoms with Crippen LogP contribution in [0.25, 0.3) is 0 Å². The lowest BCUT2D eigenvalue weighted by Crippen LogP contribution is -2.57. The molecular weight excluding hydrogens is 461 g/mol. The monoisotopic (exact) mass is 488 g/mol. The Hall–Kier alpha value is -3.56. The van der Waals surface area contributed by atoms with Crippen LogP contribution in [0.15, 0.2) is 54.6 Å². The van der Waals surface area contributed by atoms with Crippen molar-refractivity contribution >= 4 is 23.4 Å². The number of alkyl halides is 3. The van der Waals surface area contributed by atoms with Crippen LogP contribution in [0.4, 0.5) is 18.9 Å². The van der Waals surface area contributed by atoms with Gasteiger partial charge in [-0.15, -0.1) is 0 Å². The van der Waals surface area contributed by atoms with Crippen LogP contribution in [0.3, 0.4) is 0 Å². The Morgan fingerprint density at radius 3 is 2.26 bits per heavy atom. The fourth-order valence-corrected chi connectivity index (χ4v) is 4.72. The Kier molecular flexibility index (Phi) is 6.48. The predicted octanol–water partition coefficient (Wildman–Crippen LogP) is 3.07. The number of rotatable bonds is 4. The molecule has 2 heterocycles. The Morgan fingerprint density at radius 2 is 1.66 bits per heavy atom. The molecule has 2 fully saturated rings. The van der Waals surface area contributed by atoms with Crippen molar-refractivity contribution in [2.45, 2.75) is 24.6 Å². The maximum Gasteiger partial charge on any atom is 0.416 e. The highest BCUT2D eigenvalue weighted by atomic mass is 19.4. The number of piperidine rings is 1. The van der Waals surface area contributed by atoms with E-state index in [1.54, 1.807) is 14.1 Å². The second kappa shape index (κ2) is 9.24. The van der Waals surface area contributed by atoms with E-state index in [0.717, 1.165) is 17.8 Å². The van der Waals surface area contributed by atoms with Gasteiger partial charge in [0.15, 0.2) is 0 Å². The minimum absolute atomic E-state index is 0.0355. The van der Waals surface area contributed by atoms with Gasteiger partial charge in [-0.25, -0.2) is 0 Å². The average molecular weight is 489 g/mol. The maximum atomic E-state index is 13.6. The molecule has 0 bridgehead atoms. The number of para-hydroxylation sites is 1. The summed E-state index contributed by atoms with van der Waals surface area (Å²) in [6.45, 7) is 0.604. The van der Waals surface area contributed by atoms with Crippen LogP contribution in [-0.2, 0) is 15.8 Å². The molecule has 4 rings (SSSR count). The number of carbonyl (C=O) groups excluding carboxylic acids is 3. The van der Waals surface area contributed by atoms with E-state index in [4.69, 9.17) is 0 Å². The molecule has 2 aromatic carbocycles. The van der Waals surface area contributed by atoms with Gasteiger partial charge in [0.25, 0.3) is 11.8 Å². The summed E-state index contributed by atoms with van der Waals surface area (Å²) in [6, 6.07) is 13.8. The number of hydrogen-bond donors (Lipinski definition) is 0. The first-order valence-electron chi connectivity index (χ1n) is 11.3. The number of hydrogen-bond acceptors (Lipinski definition) is 4. The molecule has 2 aromatic rings. The van der Waals surface area contributed by atoms with Crippen molar-refractivity contribution in [3.63, 3.8) is 0 Å². The van der Waals surface area contributed by atoms with Crippen LogP contribution < -0.4 is 4.90 Å². The van der Waals surface area contributed by atoms with E-state index < -0.39 is 23.2 Å². The average Bonchev–Trinajstić information content (AvgIpc) is 3.10. The van der Waals surface area contributed by atoms with Crippen molar-refractivity contribution in [1.29, 1.82) is 0 Å². The van der Waals surface area contributed by atoms with E-state index in [-0.39, 0.29) is 43.7 Å². The van der Waals surface area contributed by atoms with Crippen molar-refractivity contribution in [3.05, 3.63) is 65.7 Å². The number of likely N-dealkylation sites (tertiary alicyclic amines) is 1. The summed E-state index contributed by atoms with van der Waals surface area (Å²) in [4.78, 5) is 45.4. The zero-order chi connectivity index (χ0) is 25.4. The van der Waals surface area contributed by atoms with Crippen LogP contribution in [-0.4, -0.2) is 78.4 Å². The molecule has 2 aliphatic heterocycles. The zero-order valence-corrected chi connectivity index (χ0v) is 19.6. The zero-order valence-electron chi connectivity index (χ0n) is 19.6. The summed E-state index contributed by atoms with van der Waals surface area (Å²) in [6.07, 6.45) is -3.93. The van der Waals surface area contributed by atoms with Gasteiger partial charge in [-0.3, -0.25) is 14.4 Å². The van der Waals surface area contributed by atoms with Gasteiger partial charge >= 0.3 is 6.18 Å². The summed E-state index contributed by atoms with van der Waals surface area (Å²) in [5.41, 5.74) is -1.01. The summed E-state index contributed by atoms with van der Waals surface area (Å²) < 4.78 is 39.3. The fraction of sp³-hybridized carbons (Fsp3) is 0.400. The third kappa shape index (κ3) is 4.69. The first-order valence-corrected chi connectivity index (χ1v) is 11.3. The van der Waals surface area contributed by atoms with E-state index in [2.05, 4.69) is 0 Å². The number of halogens is 3. The Labute approximate surface area is 201 Å². The van der Waals surface area contributed by atoms with Gasteiger partial charge in [-0.05, 0) is 43.2 Å². The molecule has 2 aliphatic rings. The molecule has 10 heteroatoms. The lowest BCUT2D eigenvalue weighted by molar-refractivity contribution is -0.139. The van der Waals surface area contributed by atoms with Gasteiger partial charge in [0.2, 0.25) is 5.91 Å². The minimum Gasteiger partial charge on any atom is -0.347 e. The first-order chi connectivity index (χ1) is 16.5. The SMILES string of the molecule is CN(C)C(=O)CN1CN(c2ccccc2)C2(CCN(C(=O)c3cccc(C(F)(F)F)c3)CC2)C1=O. The van der Waals surface area contributed by atoms with Crippen molar-refractivity contribution in [3.8, 4) is 0 Å². The highest BCUT2D eigenvalue weighted by molar-refractivity contribution is 5.97. The molecule has 0 saturated carbocycles. The number of nitrogens with zero attached hydrogens (tertiary/aromatic N) is 4. The lowest BCUT2D eigenvalue weighted by Gasteiger charge is -2.43. The van der Waals surface area contributed by atoms with E-state index in [1.165, 1.54) is 26.8 Å². The number of amides is 3. The second-order valence-corrected chi connectivity index (χ2v) is 9.10. The molecule has 0 unspecified atom stereocenters. The molecule has 3 amide bonds. The largest absolute Gasteiger partial charge is 0.416 e. The highest BCUT2D eigenvalue weighted by Gasteiger charge is 2.54. The molecule has 186 valence electrons. The van der Waals surface area contributed by atoms with Crippen LogP contribution in [0.1, 0.15) is 28.8 Å². The summed E-state index contributed by atoms with van der Waals surface area (Å²) in [5, 5.41) is 0. The van der Waals surface area contributed by atoms with Gasteiger partial charge in [0.05, 0.1) is 12.2 Å². The molecule has 2 saturated heterocycles. The quantitative estimate of drug-likeness (QED) is 0.664. The third-order valence-corrected chi connectivity index (χ3v) is 6.72. The van der Waals surface area contributed by atoms with Crippen molar-refractivity contribution in [2.24, 2.45) is 0 Å². The van der Waals surface area contributed by atoms with E-state index in [9.17, 15) is 27.6 Å². The molecule has 0 radical (unpaired) electrons. The number of carbonyl (C=O) groups is 3. The maximum absolute atomic E-state index is 13.6. The molecule has 0 aliphatic carbocycles. The van der Waals surface area contributed by atoms with Gasteiger partial charge in [-0.1, -0.05) is 24.3 Å². The molecular formula is C25H27F3N4O3. The van der Waals surface area contributed by atoms with Crippen LogP contribution >= 0.6 is 0 Å². The van der Waals surface area contributed by atoms with E-state index >= 15 is 0 Å². The topological polar surface area (TPSA) is 64.2 Å². The van der Waals surface area contributed by atoms with Crippen molar-refractivity contribution in [1.82, 2.24) is 14.7 Å². The predicted molar refractivity (Wildman–Crippen MR) is 124 cm³/mol. The second-order valence-electron chi connectivity index (χ2n) is 9.10. The Morgan fingerprint density at radius 1 is 1.00 bits per heavy atom. The number of anilines is 1. The molecule has 0 N–H and O–H groups in total. The standard InChI is InChI=1S/C25H27F3N4O3/c1-29(2)21(33)16-31-17-32(20-9-4-3-5-10-20)24(23(31)35)11-13-30(14-12-24)22(34)18-7-6-8-19(15-18)25(26,27)28/h3-10,15H,11-14,16-17H2,1-2H3. The normalized spacial score (nSPS) is 17.7. The van der Waals surface area contributed by atoms with Crippen molar-refractivity contribution in [2.75, 3.05) is 45.3 Å². The Balaban J connectivity index is 1.56.